The number of alkyl halides is 6. The van der Waals surface area contributed by atoms with Crippen LogP contribution in [-0.2, 0) is 60.2 Å². The molecule has 0 aromatic heterocycles. The van der Waals surface area contributed by atoms with Crippen molar-refractivity contribution in [3.63, 3.8) is 0 Å². The van der Waals surface area contributed by atoms with Crippen molar-refractivity contribution < 1.29 is 77.4 Å². The summed E-state index contributed by atoms with van der Waals surface area (Å²) >= 11 is 0. The van der Waals surface area contributed by atoms with Gasteiger partial charge in [-0.15, -0.1) is 33.4 Å². The van der Waals surface area contributed by atoms with Crippen LogP contribution in [0.1, 0.15) is 145 Å². The van der Waals surface area contributed by atoms with Crippen LogP contribution in [0.25, 0.3) is 17.2 Å². The summed E-state index contributed by atoms with van der Waals surface area (Å²) in [6, 6.07) is 14.4. The fourth-order valence-corrected chi connectivity index (χ4v) is 8.29. The van der Waals surface area contributed by atoms with E-state index in [9.17, 15) is 26.3 Å². The Morgan fingerprint density at radius 1 is 0.586 bits per heavy atom. The van der Waals surface area contributed by atoms with E-state index in [2.05, 4.69) is 113 Å². The Hall–Kier alpha value is -2.86. The van der Waals surface area contributed by atoms with E-state index < -0.39 is 34.3 Å². The van der Waals surface area contributed by atoms with Gasteiger partial charge in [0, 0.05) is 0 Å². The molecule has 9 heteroatoms. The van der Waals surface area contributed by atoms with E-state index in [0.717, 1.165) is 78.9 Å². The third-order valence-electron chi connectivity index (χ3n) is 10.6. The monoisotopic (exact) mass is 913 g/mol. The molecular formula is C49H51Cl2F6Zr. The van der Waals surface area contributed by atoms with Crippen molar-refractivity contribution in [2.75, 3.05) is 0 Å². The second-order valence-electron chi connectivity index (χ2n) is 19.2. The number of benzene rings is 4. The second kappa shape index (κ2) is 16.5. The van der Waals surface area contributed by atoms with Crippen molar-refractivity contribution in [2.45, 2.75) is 124 Å². The van der Waals surface area contributed by atoms with Crippen LogP contribution in [0, 0.1) is 10.4 Å². The van der Waals surface area contributed by atoms with Gasteiger partial charge in [0.25, 0.3) is 0 Å². The van der Waals surface area contributed by atoms with Crippen LogP contribution in [0.5, 0.6) is 0 Å². The minimum Gasteiger partial charge on any atom is -1.00 e. The Labute approximate surface area is 371 Å². The van der Waals surface area contributed by atoms with E-state index in [1.807, 2.05) is 6.08 Å². The van der Waals surface area contributed by atoms with E-state index in [1.54, 1.807) is 12.1 Å². The summed E-state index contributed by atoms with van der Waals surface area (Å²) in [5.74, 6) is 0. The Bertz CT molecular complexity index is 2450. The van der Waals surface area contributed by atoms with Crippen molar-refractivity contribution in [1.82, 2.24) is 0 Å². The molecule has 0 bridgehead atoms. The molecule has 0 aliphatic heterocycles. The molecule has 0 amide bonds. The van der Waals surface area contributed by atoms with Crippen LogP contribution in [0.2, 0.25) is 0 Å². The zero-order valence-corrected chi connectivity index (χ0v) is 39.2. The summed E-state index contributed by atoms with van der Waals surface area (Å²) in [5, 5.41) is 3.15. The number of hydrogen-bond donors (Lipinski definition) is 0. The molecule has 0 N–H and O–H groups in total. The van der Waals surface area contributed by atoms with Crippen molar-refractivity contribution in [3.8, 4) is 0 Å². The maximum absolute atomic E-state index is 14.5. The maximum atomic E-state index is 14.5. The average Bonchev–Trinajstić information content (AvgIpc) is 3.70. The van der Waals surface area contributed by atoms with Gasteiger partial charge in [0.05, 0.1) is 11.1 Å². The molecule has 1 radical (unpaired) electrons. The van der Waals surface area contributed by atoms with Crippen molar-refractivity contribution in [2.24, 2.45) is 0 Å². The maximum Gasteiger partial charge on any atom is 3.00 e. The van der Waals surface area contributed by atoms with E-state index >= 15 is 0 Å². The molecule has 307 valence electrons. The number of fused-ring (bicyclic) bond motifs is 2. The Kier molecular flexibility index (Phi) is 14.1. The summed E-state index contributed by atoms with van der Waals surface area (Å²) in [6.07, 6.45) is 1.44. The van der Waals surface area contributed by atoms with Crippen molar-refractivity contribution in [3.05, 3.63) is 155 Å². The van der Waals surface area contributed by atoms with Crippen LogP contribution < -0.4 is 35.3 Å². The third kappa shape index (κ3) is 9.38. The van der Waals surface area contributed by atoms with Gasteiger partial charge in [-0.1, -0.05) is 159 Å². The minimum absolute atomic E-state index is 0. The Balaban J connectivity index is 0.00000300. The molecule has 0 unspecified atom stereocenters. The van der Waals surface area contributed by atoms with Gasteiger partial charge < -0.3 is 24.8 Å². The van der Waals surface area contributed by atoms with Gasteiger partial charge in [-0.3, -0.25) is 0 Å². The summed E-state index contributed by atoms with van der Waals surface area (Å²) in [4.78, 5) is 0. The first kappa shape index (κ1) is 49.5. The predicted molar refractivity (Wildman–Crippen MR) is 213 cm³/mol. The summed E-state index contributed by atoms with van der Waals surface area (Å²) in [6.45, 7) is 25.7. The zero-order valence-electron chi connectivity index (χ0n) is 35.2. The first-order chi connectivity index (χ1) is 25.1. The fourth-order valence-electron chi connectivity index (χ4n) is 8.29. The molecule has 0 saturated carbocycles. The van der Waals surface area contributed by atoms with Crippen LogP contribution >= 0.6 is 0 Å². The van der Waals surface area contributed by atoms with E-state index in [1.165, 1.54) is 12.1 Å². The molecular weight excluding hydrogens is 865 g/mol. The smallest absolute Gasteiger partial charge is 1.00 e. The van der Waals surface area contributed by atoms with Gasteiger partial charge in [0.15, 0.2) is 0 Å². The quantitative estimate of drug-likeness (QED) is 0.138. The van der Waals surface area contributed by atoms with Crippen molar-refractivity contribution >= 4 is 17.2 Å². The van der Waals surface area contributed by atoms with E-state index in [-0.39, 0.29) is 73.0 Å². The van der Waals surface area contributed by atoms with Crippen LogP contribution in [0.3, 0.4) is 0 Å². The van der Waals surface area contributed by atoms with Crippen molar-refractivity contribution in [1.29, 1.82) is 0 Å². The molecule has 2 aliphatic carbocycles. The van der Waals surface area contributed by atoms with E-state index in [4.69, 9.17) is 0 Å². The number of allylic oxidation sites excluding steroid dienone is 4. The van der Waals surface area contributed by atoms with Gasteiger partial charge in [0.1, 0.15) is 0 Å². The SMILES string of the molecule is CC(C)(C)c1cc2c(cc1C(C)(C)C)=c1c(c(C3=CC=CC3)c(C(C)(C)C)c(C(C)(C)C)c1=C(c1cccc(C(F)(F)F)c1)c1cccc(C(F)(F)F)c1)[C-]=2.[Cl-].[Cl-].[Zr+3]. The molecule has 0 heterocycles. The Morgan fingerprint density at radius 3 is 1.45 bits per heavy atom. The first-order valence-corrected chi connectivity index (χ1v) is 18.9. The van der Waals surface area contributed by atoms with Gasteiger partial charge in [-0.2, -0.15) is 26.3 Å². The molecule has 58 heavy (non-hydrogen) atoms. The molecule has 4 aromatic rings. The van der Waals surface area contributed by atoms with Gasteiger partial charge >= 0.3 is 38.6 Å². The molecule has 0 nitrogen and oxygen atoms in total. The van der Waals surface area contributed by atoms with E-state index in [0.29, 0.717) is 17.2 Å². The number of rotatable bonds is 3. The molecule has 6 rings (SSSR count). The standard InChI is InChI=1S/C49H51F6.2ClH.Zr/c1-44(2,3)36-26-31-25-35-39(28-17-13-14-18-28)42(46(7,8)9)43(47(10,11)12)41(40(35)34(31)27-37(36)45(4,5)6)38(29-19-15-21-32(23-29)48(50,51)52)30-20-16-22-33(24-30)49(53,54)55;;;/h13-17,19-24,26-27H,18H2,1-12H3;2*1H;/q-1;;;+3/p-2. The fraction of sp³-hybridized carbons (Fsp3) is 0.388. The van der Waals surface area contributed by atoms with Gasteiger partial charge in [-0.05, 0) is 79.8 Å². The van der Waals surface area contributed by atoms with Gasteiger partial charge in [0.2, 0.25) is 0 Å². The Morgan fingerprint density at radius 2 is 1.05 bits per heavy atom. The van der Waals surface area contributed by atoms with Gasteiger partial charge in [-0.25, -0.2) is 0 Å². The largest absolute Gasteiger partial charge is 3.00 e. The van der Waals surface area contributed by atoms with Crippen LogP contribution in [0.15, 0.2) is 78.9 Å². The average molecular weight is 916 g/mol. The summed E-state index contributed by atoms with van der Waals surface area (Å²) in [5.41, 5.74) is 4.45. The third-order valence-corrected chi connectivity index (χ3v) is 10.6. The number of hydrogen-bond acceptors (Lipinski definition) is 0. The van der Waals surface area contributed by atoms with Crippen LogP contribution in [0.4, 0.5) is 26.3 Å². The number of halogens is 8. The molecule has 0 atom stereocenters. The minimum atomic E-state index is -4.68. The normalized spacial score (nSPS) is 14.1. The zero-order chi connectivity index (χ0) is 40.8. The first-order valence-electron chi connectivity index (χ1n) is 18.9. The molecule has 4 aromatic carbocycles. The topological polar surface area (TPSA) is 0 Å². The second-order valence-corrected chi connectivity index (χ2v) is 19.2. The van der Waals surface area contributed by atoms with Crippen LogP contribution in [-0.4, -0.2) is 0 Å². The summed E-state index contributed by atoms with van der Waals surface area (Å²) in [7, 11) is 0. The molecule has 2 aliphatic rings. The predicted octanol–water partition coefficient (Wildman–Crippen LogP) is 6.82. The molecule has 0 fully saturated rings. The molecule has 0 saturated heterocycles. The summed E-state index contributed by atoms with van der Waals surface area (Å²) < 4.78 is 87.0. The molecule has 0 spiro atoms.